The van der Waals surface area contributed by atoms with E-state index >= 15 is 0 Å². The summed E-state index contributed by atoms with van der Waals surface area (Å²) in [6.45, 7) is 2.01. The maximum atomic E-state index is 12.2. The van der Waals surface area contributed by atoms with E-state index in [-0.39, 0.29) is 24.4 Å². The average molecular weight is 333 g/mol. The lowest BCUT2D eigenvalue weighted by Crippen LogP contribution is -3.15. The predicted octanol–water partition coefficient (Wildman–Crippen LogP) is 0.923. The number of halogens is 2. The molecule has 2 atom stereocenters. The zero-order chi connectivity index (χ0) is 16.2. The van der Waals surface area contributed by atoms with E-state index in [2.05, 4.69) is 5.32 Å². The number of amides is 2. The Bertz CT molecular complexity index is 515. The van der Waals surface area contributed by atoms with Gasteiger partial charge in [0.05, 0.1) is 7.05 Å². The van der Waals surface area contributed by atoms with Crippen molar-refractivity contribution in [1.82, 2.24) is 4.90 Å². The molecule has 21 heavy (non-hydrogen) atoms. The Labute approximate surface area is 134 Å². The SMILES string of the molecule is C[C@H](C(=O)Nc1cc(Cl)cc(Cl)c1)[NH+](C)CC(=O)N(C)C. The first-order valence-electron chi connectivity index (χ1n) is 6.50. The first-order chi connectivity index (χ1) is 9.70. The summed E-state index contributed by atoms with van der Waals surface area (Å²) in [7, 11) is 5.18. The maximum Gasteiger partial charge on any atom is 0.282 e. The summed E-state index contributed by atoms with van der Waals surface area (Å²) >= 11 is 11.8. The van der Waals surface area contributed by atoms with E-state index in [0.29, 0.717) is 15.7 Å². The monoisotopic (exact) mass is 332 g/mol. The fourth-order valence-electron chi connectivity index (χ4n) is 1.65. The minimum atomic E-state index is -0.383. The molecule has 0 aliphatic rings. The summed E-state index contributed by atoms with van der Waals surface area (Å²) in [5, 5.41) is 3.66. The van der Waals surface area contributed by atoms with Gasteiger partial charge < -0.3 is 15.1 Å². The zero-order valence-electron chi connectivity index (χ0n) is 12.5. The van der Waals surface area contributed by atoms with Gasteiger partial charge >= 0.3 is 0 Å². The Morgan fingerprint density at radius 1 is 1.24 bits per heavy atom. The highest BCUT2D eigenvalue weighted by atomic mass is 35.5. The normalized spacial score (nSPS) is 13.4. The standard InChI is InChI=1S/C14H19Cl2N3O2/c1-9(19(4)8-13(20)18(2)3)14(21)17-12-6-10(15)5-11(16)7-12/h5-7,9H,8H2,1-4H3,(H,17,21)/p+1/t9-/m1/s1. The zero-order valence-corrected chi connectivity index (χ0v) is 14.0. The summed E-state index contributed by atoms with van der Waals surface area (Å²) in [6.07, 6.45) is 0. The number of benzene rings is 1. The third-order valence-electron chi connectivity index (χ3n) is 3.19. The lowest BCUT2D eigenvalue weighted by Gasteiger charge is -2.22. The van der Waals surface area contributed by atoms with Crippen LogP contribution in [0.1, 0.15) is 6.92 Å². The molecule has 1 aromatic rings. The van der Waals surface area contributed by atoms with Crippen LogP contribution >= 0.6 is 23.2 Å². The van der Waals surface area contributed by atoms with E-state index in [4.69, 9.17) is 23.2 Å². The summed E-state index contributed by atoms with van der Waals surface area (Å²) in [4.78, 5) is 26.2. The molecular formula is C14H20Cl2N3O2+. The minimum absolute atomic E-state index is 0.0297. The Kier molecular flexibility index (Phi) is 6.45. The molecule has 0 bridgehead atoms. The van der Waals surface area contributed by atoms with Gasteiger partial charge in [0, 0.05) is 29.8 Å². The number of quaternary nitrogens is 1. The van der Waals surface area contributed by atoms with Crippen LogP contribution in [-0.4, -0.2) is 50.4 Å². The Morgan fingerprint density at radius 3 is 2.24 bits per heavy atom. The summed E-state index contributed by atoms with van der Waals surface area (Å²) in [6, 6.07) is 4.46. The highest BCUT2D eigenvalue weighted by Crippen LogP contribution is 2.22. The highest BCUT2D eigenvalue weighted by molar-refractivity contribution is 6.35. The van der Waals surface area contributed by atoms with Crippen molar-refractivity contribution in [3.05, 3.63) is 28.2 Å². The molecule has 5 nitrogen and oxygen atoms in total. The Balaban J connectivity index is 2.67. The van der Waals surface area contributed by atoms with E-state index in [1.54, 1.807) is 46.3 Å². The van der Waals surface area contributed by atoms with Gasteiger partial charge in [-0.25, -0.2) is 0 Å². The van der Waals surface area contributed by atoms with Crippen LogP contribution in [-0.2, 0) is 9.59 Å². The van der Waals surface area contributed by atoms with Gasteiger partial charge in [-0.3, -0.25) is 9.59 Å². The highest BCUT2D eigenvalue weighted by Gasteiger charge is 2.24. The van der Waals surface area contributed by atoms with Gasteiger partial charge in [-0.15, -0.1) is 0 Å². The van der Waals surface area contributed by atoms with Crippen molar-refractivity contribution in [3.8, 4) is 0 Å². The van der Waals surface area contributed by atoms with Crippen LogP contribution in [0.2, 0.25) is 10.0 Å². The molecule has 0 fully saturated rings. The van der Waals surface area contributed by atoms with E-state index in [1.807, 2.05) is 0 Å². The van der Waals surface area contributed by atoms with Crippen LogP contribution in [0.3, 0.4) is 0 Å². The molecule has 0 saturated carbocycles. The smallest absolute Gasteiger partial charge is 0.282 e. The molecular weight excluding hydrogens is 313 g/mol. The Hall–Kier alpha value is -1.30. The third kappa shape index (κ3) is 5.53. The number of carbonyl (C=O) groups is 2. The topological polar surface area (TPSA) is 53.9 Å². The lowest BCUT2D eigenvalue weighted by molar-refractivity contribution is -0.886. The molecule has 0 heterocycles. The van der Waals surface area contributed by atoms with Gasteiger partial charge in [0.1, 0.15) is 0 Å². The van der Waals surface area contributed by atoms with Crippen LogP contribution < -0.4 is 10.2 Å². The molecule has 0 aliphatic carbocycles. The molecule has 0 aliphatic heterocycles. The number of rotatable bonds is 5. The van der Waals surface area contributed by atoms with Gasteiger partial charge in [0.15, 0.2) is 12.6 Å². The Morgan fingerprint density at radius 2 is 1.76 bits per heavy atom. The van der Waals surface area contributed by atoms with Gasteiger partial charge in [0.25, 0.3) is 11.8 Å². The predicted molar refractivity (Wildman–Crippen MR) is 85.0 cm³/mol. The quantitative estimate of drug-likeness (QED) is 0.842. The van der Waals surface area contributed by atoms with Gasteiger partial charge in [-0.05, 0) is 25.1 Å². The van der Waals surface area contributed by atoms with Crippen LogP contribution in [0, 0.1) is 0 Å². The first-order valence-corrected chi connectivity index (χ1v) is 7.25. The molecule has 2 amide bonds. The lowest BCUT2D eigenvalue weighted by atomic mass is 10.2. The van der Waals surface area contributed by atoms with E-state index in [1.165, 1.54) is 4.90 Å². The van der Waals surface area contributed by atoms with Gasteiger partial charge in [0.2, 0.25) is 0 Å². The van der Waals surface area contributed by atoms with Crippen LogP contribution in [0.25, 0.3) is 0 Å². The van der Waals surface area contributed by atoms with E-state index in [9.17, 15) is 9.59 Å². The van der Waals surface area contributed by atoms with Crippen molar-refractivity contribution in [3.63, 3.8) is 0 Å². The minimum Gasteiger partial charge on any atom is -0.344 e. The van der Waals surface area contributed by atoms with Crippen molar-refractivity contribution in [2.45, 2.75) is 13.0 Å². The fourth-order valence-corrected chi connectivity index (χ4v) is 2.18. The molecule has 0 saturated heterocycles. The number of nitrogens with one attached hydrogen (secondary N) is 2. The van der Waals surface area contributed by atoms with Gasteiger partial charge in [-0.2, -0.15) is 0 Å². The number of hydrogen-bond donors (Lipinski definition) is 2. The molecule has 7 heteroatoms. The maximum absolute atomic E-state index is 12.2. The summed E-state index contributed by atoms with van der Waals surface area (Å²) < 4.78 is 0. The first kappa shape index (κ1) is 17.8. The van der Waals surface area contributed by atoms with Crippen molar-refractivity contribution >= 4 is 40.7 Å². The summed E-state index contributed by atoms with van der Waals surface area (Å²) in [5.74, 6) is -0.227. The number of carbonyl (C=O) groups excluding carboxylic acids is 2. The largest absolute Gasteiger partial charge is 0.344 e. The second-order valence-electron chi connectivity index (χ2n) is 5.18. The average Bonchev–Trinajstić information content (AvgIpc) is 2.35. The fraction of sp³-hybridized carbons (Fsp3) is 0.429. The molecule has 116 valence electrons. The van der Waals surface area contributed by atoms with Crippen molar-refractivity contribution in [1.29, 1.82) is 0 Å². The van der Waals surface area contributed by atoms with Crippen molar-refractivity contribution < 1.29 is 14.5 Å². The van der Waals surface area contributed by atoms with Gasteiger partial charge in [-0.1, -0.05) is 23.2 Å². The molecule has 0 spiro atoms. The second-order valence-corrected chi connectivity index (χ2v) is 6.05. The number of likely N-dealkylation sites (N-methyl/N-ethyl adjacent to an activating group) is 2. The number of nitrogens with zero attached hydrogens (tertiary/aromatic N) is 1. The number of anilines is 1. The van der Waals surface area contributed by atoms with Crippen molar-refractivity contribution in [2.24, 2.45) is 0 Å². The molecule has 1 unspecified atom stereocenters. The molecule has 1 rings (SSSR count). The van der Waals surface area contributed by atoms with E-state index < -0.39 is 0 Å². The third-order valence-corrected chi connectivity index (χ3v) is 3.63. The summed E-state index contributed by atoms with van der Waals surface area (Å²) in [5.41, 5.74) is 0.538. The molecule has 0 radical (unpaired) electrons. The van der Waals surface area contributed by atoms with Crippen LogP contribution in [0.4, 0.5) is 5.69 Å². The molecule has 0 aromatic heterocycles. The van der Waals surface area contributed by atoms with Crippen LogP contribution in [0.15, 0.2) is 18.2 Å². The van der Waals surface area contributed by atoms with Crippen LogP contribution in [0.5, 0.6) is 0 Å². The van der Waals surface area contributed by atoms with Crippen molar-refractivity contribution in [2.75, 3.05) is 33.0 Å². The number of hydrogen-bond acceptors (Lipinski definition) is 2. The molecule has 2 N–H and O–H groups in total. The molecule has 1 aromatic carbocycles. The van der Waals surface area contributed by atoms with E-state index in [0.717, 1.165) is 4.90 Å². The second kappa shape index (κ2) is 7.64.